The van der Waals surface area contributed by atoms with Gasteiger partial charge in [0.15, 0.2) is 5.69 Å². The minimum absolute atomic E-state index is 0. The van der Waals surface area contributed by atoms with Gasteiger partial charge in [-0.2, -0.15) is 5.10 Å². The number of carbonyl (C=O) groups is 1. The average molecular weight is 380 g/mol. The van der Waals surface area contributed by atoms with Crippen LogP contribution in [-0.2, 0) is 19.5 Å². The number of hydrogen-bond donors (Lipinski definition) is 3. The largest absolute Gasteiger partial charge is 0.492 e. The van der Waals surface area contributed by atoms with E-state index in [1.807, 2.05) is 38.4 Å². The van der Waals surface area contributed by atoms with Crippen molar-refractivity contribution in [1.82, 2.24) is 25.7 Å². The maximum absolute atomic E-state index is 12.5. The van der Waals surface area contributed by atoms with Crippen LogP contribution in [0.15, 0.2) is 24.3 Å². The third-order valence-corrected chi connectivity index (χ3v) is 4.23. The number of benzene rings is 1. The van der Waals surface area contributed by atoms with Gasteiger partial charge in [-0.1, -0.05) is 18.2 Å². The summed E-state index contributed by atoms with van der Waals surface area (Å²) in [5.74, 6) is 0.639. The van der Waals surface area contributed by atoms with Gasteiger partial charge in [-0.05, 0) is 20.2 Å². The Morgan fingerprint density at radius 2 is 2.15 bits per heavy atom. The van der Waals surface area contributed by atoms with E-state index in [0.717, 1.165) is 42.1 Å². The van der Waals surface area contributed by atoms with Crippen LogP contribution in [0.5, 0.6) is 5.75 Å². The first-order chi connectivity index (χ1) is 12.1. The molecule has 3 N–H and O–H groups in total. The van der Waals surface area contributed by atoms with Gasteiger partial charge in [0.2, 0.25) is 0 Å². The Morgan fingerprint density at radius 1 is 1.35 bits per heavy atom. The number of fused-ring (bicyclic) bond motifs is 1. The number of carbonyl (C=O) groups excluding carboxylic acids is 1. The molecule has 0 fully saturated rings. The number of H-pyrrole nitrogens is 1. The van der Waals surface area contributed by atoms with E-state index in [1.165, 1.54) is 0 Å². The molecule has 0 aliphatic carbocycles. The van der Waals surface area contributed by atoms with E-state index >= 15 is 0 Å². The summed E-state index contributed by atoms with van der Waals surface area (Å²) >= 11 is 0. The molecule has 1 amide bonds. The van der Waals surface area contributed by atoms with Crippen molar-refractivity contribution in [3.63, 3.8) is 0 Å². The summed E-state index contributed by atoms with van der Waals surface area (Å²) in [5.41, 5.74) is 3.46. The summed E-state index contributed by atoms with van der Waals surface area (Å²) in [6.45, 7) is 3.45. The van der Waals surface area contributed by atoms with E-state index in [2.05, 4.69) is 25.7 Å². The fourth-order valence-corrected chi connectivity index (χ4v) is 2.80. The lowest BCUT2D eigenvalue weighted by molar-refractivity contribution is 0.0944. The van der Waals surface area contributed by atoms with Gasteiger partial charge < -0.3 is 20.3 Å². The maximum atomic E-state index is 12.5. The molecule has 0 saturated heterocycles. The molecule has 0 atom stereocenters. The van der Waals surface area contributed by atoms with Gasteiger partial charge in [0.25, 0.3) is 5.91 Å². The average Bonchev–Trinajstić information content (AvgIpc) is 3.04. The van der Waals surface area contributed by atoms with Gasteiger partial charge in [0.05, 0.1) is 0 Å². The van der Waals surface area contributed by atoms with Crippen LogP contribution in [0.25, 0.3) is 0 Å². The summed E-state index contributed by atoms with van der Waals surface area (Å²) in [6.07, 6.45) is 0.873. The van der Waals surface area contributed by atoms with Crippen LogP contribution in [0, 0.1) is 0 Å². The number of aromatic nitrogens is 2. The maximum Gasteiger partial charge on any atom is 0.272 e. The van der Waals surface area contributed by atoms with E-state index in [0.29, 0.717) is 25.4 Å². The molecule has 0 radical (unpaired) electrons. The molecule has 0 spiro atoms. The van der Waals surface area contributed by atoms with E-state index < -0.39 is 0 Å². The topological polar surface area (TPSA) is 82.3 Å². The highest BCUT2D eigenvalue weighted by molar-refractivity contribution is 5.94. The molecule has 1 aliphatic rings. The summed E-state index contributed by atoms with van der Waals surface area (Å²) in [7, 11) is 4.02. The Hall–Kier alpha value is -2.09. The molecular formula is C18H26ClN5O2. The van der Waals surface area contributed by atoms with Crippen molar-refractivity contribution in [2.75, 3.05) is 33.8 Å². The molecule has 0 unspecified atom stereocenters. The molecule has 1 aromatic carbocycles. The number of likely N-dealkylation sites (N-methyl/N-ethyl adjacent to an activating group) is 1. The third-order valence-electron chi connectivity index (χ3n) is 4.23. The number of nitrogens with zero attached hydrogens (tertiary/aromatic N) is 2. The lowest BCUT2D eigenvalue weighted by Gasteiger charge is -2.15. The van der Waals surface area contributed by atoms with Crippen molar-refractivity contribution >= 4 is 18.3 Å². The van der Waals surface area contributed by atoms with Crippen LogP contribution in [0.3, 0.4) is 0 Å². The van der Waals surface area contributed by atoms with Gasteiger partial charge >= 0.3 is 0 Å². The monoisotopic (exact) mass is 379 g/mol. The van der Waals surface area contributed by atoms with E-state index in [9.17, 15) is 4.79 Å². The van der Waals surface area contributed by atoms with Gasteiger partial charge in [-0.15, -0.1) is 12.4 Å². The Bertz CT molecular complexity index is 732. The molecule has 2 aromatic rings. The Kier molecular flexibility index (Phi) is 7.44. The number of ether oxygens (including phenoxy) is 1. The number of nitrogens with one attached hydrogen (secondary N) is 3. The van der Waals surface area contributed by atoms with Crippen molar-refractivity contribution in [1.29, 1.82) is 0 Å². The second kappa shape index (κ2) is 9.56. The van der Waals surface area contributed by atoms with Gasteiger partial charge in [0.1, 0.15) is 12.4 Å². The Balaban J connectivity index is 0.00000243. The van der Waals surface area contributed by atoms with Crippen LogP contribution >= 0.6 is 12.4 Å². The first-order valence-electron chi connectivity index (χ1n) is 8.55. The zero-order valence-corrected chi connectivity index (χ0v) is 16.0. The molecular weight excluding hydrogens is 354 g/mol. The van der Waals surface area contributed by atoms with Crippen LogP contribution < -0.4 is 15.4 Å². The van der Waals surface area contributed by atoms with E-state index in [1.54, 1.807) is 0 Å². The third kappa shape index (κ3) is 4.97. The fraction of sp³-hybridized carbons (Fsp3) is 0.444. The highest BCUT2D eigenvalue weighted by Gasteiger charge is 2.21. The van der Waals surface area contributed by atoms with Crippen LogP contribution in [0.2, 0.25) is 0 Å². The van der Waals surface area contributed by atoms with Gasteiger partial charge in [-0.3, -0.25) is 9.89 Å². The molecule has 0 bridgehead atoms. The summed E-state index contributed by atoms with van der Waals surface area (Å²) < 4.78 is 5.84. The number of amides is 1. The minimum Gasteiger partial charge on any atom is -0.492 e. The van der Waals surface area contributed by atoms with E-state index in [4.69, 9.17) is 4.74 Å². The number of hydrogen-bond acceptors (Lipinski definition) is 5. The first kappa shape index (κ1) is 20.2. The zero-order valence-electron chi connectivity index (χ0n) is 15.2. The number of aromatic amines is 1. The van der Waals surface area contributed by atoms with Crippen molar-refractivity contribution in [2.24, 2.45) is 0 Å². The number of para-hydroxylation sites is 1. The molecule has 3 rings (SSSR count). The van der Waals surface area contributed by atoms with Crippen molar-refractivity contribution in [2.45, 2.75) is 19.5 Å². The molecule has 142 valence electrons. The quantitative estimate of drug-likeness (QED) is 0.676. The summed E-state index contributed by atoms with van der Waals surface area (Å²) in [5, 5.41) is 13.4. The van der Waals surface area contributed by atoms with Crippen LogP contribution in [0.1, 0.15) is 27.3 Å². The lowest BCUT2D eigenvalue weighted by atomic mass is 10.1. The van der Waals surface area contributed by atoms with Crippen molar-refractivity contribution in [3.8, 4) is 5.75 Å². The standard InChI is InChI=1S/C18H25N5O2.ClH/c1-23(2)9-10-25-16-6-4-3-5-13(16)11-20-18(24)17-14-12-19-8-7-15(14)21-22-17;/h3-6,19H,7-12H2,1-2H3,(H,20,24)(H,21,22);1H. The van der Waals surface area contributed by atoms with Crippen molar-refractivity contribution < 1.29 is 9.53 Å². The second-order valence-corrected chi connectivity index (χ2v) is 6.40. The summed E-state index contributed by atoms with van der Waals surface area (Å²) in [6, 6.07) is 7.77. The van der Waals surface area contributed by atoms with Gasteiger partial charge in [-0.25, -0.2) is 0 Å². The molecule has 8 heteroatoms. The smallest absolute Gasteiger partial charge is 0.272 e. The lowest BCUT2D eigenvalue weighted by Crippen LogP contribution is -2.28. The molecule has 1 aromatic heterocycles. The Morgan fingerprint density at radius 3 is 2.96 bits per heavy atom. The fourth-order valence-electron chi connectivity index (χ4n) is 2.80. The van der Waals surface area contributed by atoms with Gasteiger partial charge in [0, 0.05) is 49.4 Å². The molecule has 2 heterocycles. The first-order valence-corrected chi connectivity index (χ1v) is 8.55. The predicted octanol–water partition coefficient (Wildman–Crippen LogP) is 1.35. The van der Waals surface area contributed by atoms with Crippen molar-refractivity contribution in [3.05, 3.63) is 46.8 Å². The Labute approximate surface area is 159 Å². The highest BCUT2D eigenvalue weighted by Crippen LogP contribution is 2.19. The van der Waals surface area contributed by atoms with Crippen LogP contribution in [0.4, 0.5) is 0 Å². The summed E-state index contributed by atoms with van der Waals surface area (Å²) in [4.78, 5) is 14.6. The molecule has 0 saturated carbocycles. The number of halogens is 1. The zero-order chi connectivity index (χ0) is 17.6. The second-order valence-electron chi connectivity index (χ2n) is 6.40. The van der Waals surface area contributed by atoms with Crippen LogP contribution in [-0.4, -0.2) is 54.8 Å². The molecule has 7 nitrogen and oxygen atoms in total. The molecule has 26 heavy (non-hydrogen) atoms. The predicted molar refractivity (Wildman–Crippen MR) is 103 cm³/mol. The highest BCUT2D eigenvalue weighted by atomic mass is 35.5. The minimum atomic E-state index is -0.163. The number of rotatable bonds is 7. The SMILES string of the molecule is CN(C)CCOc1ccccc1CNC(=O)c1n[nH]c2c1CNCC2.Cl. The normalized spacial score (nSPS) is 13.0. The molecule has 1 aliphatic heterocycles. The van der Waals surface area contributed by atoms with E-state index in [-0.39, 0.29) is 18.3 Å².